The Labute approximate surface area is 144 Å². The van der Waals surface area contributed by atoms with Gasteiger partial charge in [0.2, 0.25) is 21.8 Å². The number of nitrogens with two attached hydrogens (primary N) is 2. The van der Waals surface area contributed by atoms with E-state index in [0.717, 1.165) is 0 Å². The number of primary sulfonamides is 1. The zero-order chi connectivity index (χ0) is 17.9. The molecule has 1 aromatic carbocycles. The highest BCUT2D eigenvalue weighted by Crippen LogP contribution is 2.20. The molecule has 0 bridgehead atoms. The second kappa shape index (κ2) is 7.49. The molecule has 1 heterocycles. The van der Waals surface area contributed by atoms with E-state index in [1.165, 1.54) is 23.9 Å². The van der Waals surface area contributed by atoms with E-state index in [0.29, 0.717) is 11.3 Å². The second-order valence-electron chi connectivity index (χ2n) is 5.31. The summed E-state index contributed by atoms with van der Waals surface area (Å²) in [6, 6.07) is 4.24. The summed E-state index contributed by atoms with van der Waals surface area (Å²) in [5.74, 6) is -0.482. The van der Waals surface area contributed by atoms with Gasteiger partial charge in [-0.3, -0.25) is 14.9 Å². The summed E-state index contributed by atoms with van der Waals surface area (Å²) in [4.78, 5) is 23.3. The molecular formula is C13H19N5O4S2. The van der Waals surface area contributed by atoms with Crippen molar-refractivity contribution in [3.63, 3.8) is 0 Å². The summed E-state index contributed by atoms with van der Waals surface area (Å²) >= 11 is 1.17. The number of aryl methyl sites for hydroxylation is 1. The number of sulfonamides is 1. The number of benzene rings is 1. The Morgan fingerprint density at radius 3 is 2.79 bits per heavy atom. The van der Waals surface area contributed by atoms with Crippen molar-refractivity contribution in [2.45, 2.75) is 29.9 Å². The van der Waals surface area contributed by atoms with Crippen LogP contribution >= 0.6 is 11.8 Å². The molecule has 2 rings (SSSR count). The fraction of sp³-hybridized carbons (Fsp3) is 0.385. The van der Waals surface area contributed by atoms with Gasteiger partial charge >= 0.3 is 0 Å². The normalized spacial score (nSPS) is 21.2. The number of hydrogen-bond acceptors (Lipinski definition) is 7. The van der Waals surface area contributed by atoms with E-state index in [1.54, 1.807) is 13.0 Å². The molecule has 1 aliphatic rings. The van der Waals surface area contributed by atoms with Gasteiger partial charge in [-0.25, -0.2) is 13.6 Å². The van der Waals surface area contributed by atoms with Crippen LogP contribution in [0.2, 0.25) is 0 Å². The highest BCUT2D eigenvalue weighted by Gasteiger charge is 2.24. The van der Waals surface area contributed by atoms with Gasteiger partial charge in [0.1, 0.15) is 5.50 Å². The van der Waals surface area contributed by atoms with Crippen molar-refractivity contribution in [1.29, 1.82) is 0 Å². The van der Waals surface area contributed by atoms with Gasteiger partial charge in [-0.2, -0.15) is 0 Å². The van der Waals surface area contributed by atoms with Crippen LogP contribution < -0.4 is 26.8 Å². The fourth-order valence-electron chi connectivity index (χ4n) is 2.05. The smallest absolute Gasteiger partial charge is 0.238 e. The van der Waals surface area contributed by atoms with Crippen LogP contribution in [0.1, 0.15) is 12.0 Å². The molecule has 2 amide bonds. The molecule has 2 unspecified atom stereocenters. The Kier molecular flexibility index (Phi) is 5.83. The lowest BCUT2D eigenvalue weighted by atomic mass is 10.2. The molecule has 9 nitrogen and oxygen atoms in total. The molecule has 2 atom stereocenters. The standard InChI is InChI=1S/C13H19N5O4S2/c1-7-2-3-8(24(15,21)22)4-9(7)16-12(20)6-23-13-17-10(14)5-11(19)18-13/h2-4,10,13,17H,5-6,14H2,1H3,(H,16,20)(H,18,19)(H2,15,21,22). The maximum atomic E-state index is 12.0. The van der Waals surface area contributed by atoms with Crippen molar-refractivity contribution in [2.24, 2.45) is 10.9 Å². The van der Waals surface area contributed by atoms with Crippen LogP contribution in [0.3, 0.4) is 0 Å². The van der Waals surface area contributed by atoms with Crippen molar-refractivity contribution in [2.75, 3.05) is 11.1 Å². The van der Waals surface area contributed by atoms with Crippen molar-refractivity contribution in [3.05, 3.63) is 23.8 Å². The number of amides is 2. The zero-order valence-electron chi connectivity index (χ0n) is 12.9. The predicted octanol–water partition coefficient (Wildman–Crippen LogP) is -1.01. The van der Waals surface area contributed by atoms with Crippen LogP contribution in [0.15, 0.2) is 23.1 Å². The van der Waals surface area contributed by atoms with E-state index in [2.05, 4.69) is 16.0 Å². The van der Waals surface area contributed by atoms with Crippen LogP contribution in [-0.2, 0) is 19.6 Å². The SMILES string of the molecule is Cc1ccc(S(N)(=O)=O)cc1NC(=O)CSC1NC(=O)CC(N)N1. The van der Waals surface area contributed by atoms with Gasteiger partial charge in [-0.05, 0) is 24.6 Å². The average molecular weight is 373 g/mol. The molecule has 0 saturated carbocycles. The Balaban J connectivity index is 1.96. The number of hydrogen-bond donors (Lipinski definition) is 5. The predicted molar refractivity (Wildman–Crippen MR) is 91.3 cm³/mol. The first-order chi connectivity index (χ1) is 11.1. The van der Waals surface area contributed by atoms with Gasteiger partial charge in [-0.1, -0.05) is 6.07 Å². The lowest BCUT2D eigenvalue weighted by Gasteiger charge is -2.28. The van der Waals surface area contributed by atoms with E-state index < -0.39 is 21.7 Å². The zero-order valence-corrected chi connectivity index (χ0v) is 14.5. The minimum Gasteiger partial charge on any atom is -0.332 e. The molecule has 1 fully saturated rings. The molecule has 0 radical (unpaired) electrons. The topological polar surface area (TPSA) is 156 Å². The van der Waals surface area contributed by atoms with Gasteiger partial charge in [0, 0.05) is 5.69 Å². The quantitative estimate of drug-likeness (QED) is 0.443. The van der Waals surface area contributed by atoms with E-state index >= 15 is 0 Å². The number of anilines is 1. The van der Waals surface area contributed by atoms with E-state index in [9.17, 15) is 18.0 Å². The first-order valence-corrected chi connectivity index (χ1v) is 9.60. The first-order valence-electron chi connectivity index (χ1n) is 7.01. The summed E-state index contributed by atoms with van der Waals surface area (Å²) in [6.45, 7) is 1.73. The molecule has 132 valence electrons. The molecule has 0 aliphatic carbocycles. The third kappa shape index (κ3) is 5.18. The van der Waals surface area contributed by atoms with Gasteiger partial charge in [0.25, 0.3) is 0 Å². The van der Waals surface area contributed by atoms with Crippen molar-refractivity contribution >= 4 is 39.3 Å². The van der Waals surface area contributed by atoms with Crippen LogP contribution in [0.5, 0.6) is 0 Å². The summed E-state index contributed by atoms with van der Waals surface area (Å²) < 4.78 is 22.8. The number of carbonyl (C=O) groups excluding carboxylic acids is 2. The Bertz CT molecular complexity index is 753. The third-order valence-corrected chi connectivity index (χ3v) is 5.18. The maximum Gasteiger partial charge on any atom is 0.238 e. The van der Waals surface area contributed by atoms with Crippen LogP contribution in [0.4, 0.5) is 5.69 Å². The summed E-state index contributed by atoms with van der Waals surface area (Å²) in [5, 5.41) is 13.3. The Morgan fingerprint density at radius 1 is 1.46 bits per heavy atom. The summed E-state index contributed by atoms with van der Waals surface area (Å²) in [5.41, 5.74) is 6.28. The second-order valence-corrected chi connectivity index (χ2v) is 7.96. The summed E-state index contributed by atoms with van der Waals surface area (Å²) in [6.07, 6.45) is -0.268. The molecule has 0 aromatic heterocycles. The molecule has 0 spiro atoms. The van der Waals surface area contributed by atoms with E-state index in [1.807, 2.05) is 0 Å². The minimum absolute atomic E-state index is 0.0453. The highest BCUT2D eigenvalue weighted by molar-refractivity contribution is 8.00. The molecular weight excluding hydrogens is 354 g/mol. The number of nitrogens with one attached hydrogen (secondary N) is 3. The van der Waals surface area contributed by atoms with Crippen LogP contribution in [0, 0.1) is 6.92 Å². The van der Waals surface area contributed by atoms with Crippen molar-refractivity contribution in [3.8, 4) is 0 Å². The third-order valence-electron chi connectivity index (χ3n) is 3.26. The molecule has 11 heteroatoms. The summed E-state index contributed by atoms with van der Waals surface area (Å²) in [7, 11) is -3.85. The maximum absolute atomic E-state index is 12.0. The van der Waals surface area contributed by atoms with Crippen LogP contribution in [0.25, 0.3) is 0 Å². The fourth-order valence-corrected chi connectivity index (χ4v) is 3.46. The van der Waals surface area contributed by atoms with Crippen molar-refractivity contribution in [1.82, 2.24) is 10.6 Å². The number of rotatable bonds is 5. The first kappa shape index (κ1) is 18.7. The lowest BCUT2D eigenvalue weighted by Crippen LogP contribution is -2.58. The van der Waals surface area contributed by atoms with Gasteiger partial charge in [0.05, 0.1) is 23.2 Å². The molecule has 1 saturated heterocycles. The van der Waals surface area contributed by atoms with Crippen LogP contribution in [-0.4, -0.2) is 37.6 Å². The molecule has 1 aromatic rings. The molecule has 7 N–H and O–H groups in total. The van der Waals surface area contributed by atoms with Gasteiger partial charge in [0.15, 0.2) is 0 Å². The largest absolute Gasteiger partial charge is 0.332 e. The monoisotopic (exact) mass is 373 g/mol. The molecule has 1 aliphatic heterocycles. The molecule has 24 heavy (non-hydrogen) atoms. The van der Waals surface area contributed by atoms with Gasteiger partial charge in [-0.15, -0.1) is 11.8 Å². The average Bonchev–Trinajstić information content (AvgIpc) is 2.45. The Morgan fingerprint density at radius 2 is 2.17 bits per heavy atom. The Hall–Kier alpha value is -1.66. The number of thioether (sulfide) groups is 1. The van der Waals surface area contributed by atoms with Crippen molar-refractivity contribution < 1.29 is 18.0 Å². The lowest BCUT2D eigenvalue weighted by molar-refractivity contribution is -0.123. The van der Waals surface area contributed by atoms with Gasteiger partial charge < -0.3 is 16.4 Å². The minimum atomic E-state index is -3.85. The van der Waals surface area contributed by atoms with E-state index in [4.69, 9.17) is 10.9 Å². The highest BCUT2D eigenvalue weighted by atomic mass is 32.2. The number of carbonyl (C=O) groups is 2. The van der Waals surface area contributed by atoms with E-state index in [-0.39, 0.29) is 28.9 Å².